The topological polar surface area (TPSA) is 57.7 Å². The molecule has 0 aliphatic carbocycles. The molecule has 2 aliphatic heterocycles. The van der Waals surface area contributed by atoms with E-state index in [-0.39, 0.29) is 6.03 Å². The Kier molecular flexibility index (Phi) is 4.90. The summed E-state index contributed by atoms with van der Waals surface area (Å²) < 4.78 is 5.38. The number of hydrogen-bond donors (Lipinski definition) is 1. The van der Waals surface area contributed by atoms with Crippen LogP contribution in [0.5, 0.6) is 0 Å². The summed E-state index contributed by atoms with van der Waals surface area (Å²) in [6.07, 6.45) is 2.78. The first-order valence-electron chi connectivity index (χ1n) is 7.99. The summed E-state index contributed by atoms with van der Waals surface area (Å²) in [4.78, 5) is 20.8. The van der Waals surface area contributed by atoms with Gasteiger partial charge < -0.3 is 15.0 Å². The molecule has 3 rings (SSSR count). The number of anilines is 1. The van der Waals surface area contributed by atoms with Crippen LogP contribution in [0.25, 0.3) is 0 Å². The van der Waals surface area contributed by atoms with E-state index >= 15 is 0 Å². The number of pyridine rings is 1. The lowest BCUT2D eigenvalue weighted by Gasteiger charge is -2.29. The van der Waals surface area contributed by atoms with Crippen LogP contribution in [-0.2, 0) is 4.74 Å². The van der Waals surface area contributed by atoms with Gasteiger partial charge in [0, 0.05) is 38.4 Å². The number of amides is 2. The van der Waals surface area contributed by atoms with Gasteiger partial charge in [0.05, 0.1) is 25.1 Å². The molecular formula is C16H24N4O2. The standard InChI is InChI=1S/C16H24N4O2/c1-13-2-3-15(10-17-13)18-16(21)20-5-4-14(12-20)11-19-6-8-22-9-7-19/h2-3,10,14H,4-9,11-12H2,1H3,(H,18,21)/t14-/m1/s1. The fourth-order valence-electron chi connectivity index (χ4n) is 3.06. The lowest BCUT2D eigenvalue weighted by Crippen LogP contribution is -2.40. The average Bonchev–Trinajstić information content (AvgIpc) is 2.99. The highest BCUT2D eigenvalue weighted by Crippen LogP contribution is 2.19. The van der Waals surface area contributed by atoms with Crippen LogP contribution in [0.15, 0.2) is 18.3 Å². The van der Waals surface area contributed by atoms with E-state index in [0.717, 1.165) is 63.7 Å². The minimum atomic E-state index is -0.0184. The smallest absolute Gasteiger partial charge is 0.321 e. The van der Waals surface area contributed by atoms with Gasteiger partial charge >= 0.3 is 6.03 Å². The molecule has 2 aliphatic rings. The molecule has 2 fully saturated rings. The highest BCUT2D eigenvalue weighted by molar-refractivity contribution is 5.89. The summed E-state index contributed by atoms with van der Waals surface area (Å²) in [6.45, 7) is 8.36. The zero-order valence-electron chi connectivity index (χ0n) is 13.1. The number of hydrogen-bond acceptors (Lipinski definition) is 4. The second-order valence-electron chi connectivity index (χ2n) is 6.13. The molecule has 0 aromatic carbocycles. The first-order valence-corrected chi connectivity index (χ1v) is 7.99. The summed E-state index contributed by atoms with van der Waals surface area (Å²) in [7, 11) is 0. The molecule has 22 heavy (non-hydrogen) atoms. The van der Waals surface area contributed by atoms with E-state index < -0.39 is 0 Å². The predicted molar refractivity (Wildman–Crippen MR) is 84.9 cm³/mol. The normalized spacial score (nSPS) is 22.8. The second kappa shape index (κ2) is 7.07. The van der Waals surface area contributed by atoms with Gasteiger partial charge in [-0.1, -0.05) is 0 Å². The maximum atomic E-state index is 12.3. The van der Waals surface area contributed by atoms with Gasteiger partial charge in [-0.25, -0.2) is 4.79 Å². The molecule has 1 aromatic heterocycles. The lowest BCUT2D eigenvalue weighted by molar-refractivity contribution is 0.0314. The van der Waals surface area contributed by atoms with Crippen LogP contribution in [-0.4, -0.2) is 66.8 Å². The van der Waals surface area contributed by atoms with Gasteiger partial charge in [-0.05, 0) is 31.4 Å². The van der Waals surface area contributed by atoms with E-state index in [4.69, 9.17) is 4.74 Å². The third-order valence-corrected chi connectivity index (χ3v) is 4.36. The summed E-state index contributed by atoms with van der Waals surface area (Å²) in [5.41, 5.74) is 1.71. The Morgan fingerprint density at radius 1 is 1.36 bits per heavy atom. The van der Waals surface area contributed by atoms with E-state index in [1.54, 1.807) is 6.20 Å². The average molecular weight is 304 g/mol. The van der Waals surface area contributed by atoms with Crippen LogP contribution in [0.3, 0.4) is 0 Å². The van der Waals surface area contributed by atoms with E-state index in [1.807, 2.05) is 24.0 Å². The summed E-state index contributed by atoms with van der Waals surface area (Å²) >= 11 is 0. The van der Waals surface area contributed by atoms with Crippen LogP contribution < -0.4 is 5.32 Å². The monoisotopic (exact) mass is 304 g/mol. The van der Waals surface area contributed by atoms with E-state index in [2.05, 4.69) is 15.2 Å². The fourth-order valence-corrected chi connectivity index (χ4v) is 3.06. The van der Waals surface area contributed by atoms with Crippen molar-refractivity contribution < 1.29 is 9.53 Å². The maximum absolute atomic E-state index is 12.3. The van der Waals surface area contributed by atoms with Gasteiger partial charge in [-0.3, -0.25) is 9.88 Å². The SMILES string of the molecule is Cc1ccc(NC(=O)N2CC[C@H](CN3CCOCC3)C2)cn1. The minimum Gasteiger partial charge on any atom is -0.379 e. The molecule has 0 saturated carbocycles. The number of ether oxygens (including phenoxy) is 1. The van der Waals surface area contributed by atoms with E-state index in [9.17, 15) is 4.79 Å². The first-order chi connectivity index (χ1) is 10.7. The fraction of sp³-hybridized carbons (Fsp3) is 0.625. The van der Waals surface area contributed by atoms with Crippen molar-refractivity contribution in [1.82, 2.24) is 14.8 Å². The Balaban J connectivity index is 1.47. The van der Waals surface area contributed by atoms with Gasteiger partial charge in [-0.15, -0.1) is 0 Å². The molecule has 6 nitrogen and oxygen atoms in total. The third kappa shape index (κ3) is 3.96. The molecule has 1 atom stereocenters. The Bertz CT molecular complexity index is 499. The molecule has 0 unspecified atom stereocenters. The summed E-state index contributed by atoms with van der Waals surface area (Å²) in [5, 5.41) is 2.93. The second-order valence-corrected chi connectivity index (χ2v) is 6.13. The van der Waals surface area contributed by atoms with Crippen molar-refractivity contribution in [2.45, 2.75) is 13.3 Å². The molecule has 0 radical (unpaired) electrons. The Morgan fingerprint density at radius 2 is 2.18 bits per heavy atom. The van der Waals surface area contributed by atoms with Crippen molar-refractivity contribution in [3.05, 3.63) is 24.0 Å². The Hall–Kier alpha value is -1.66. The van der Waals surface area contributed by atoms with Gasteiger partial charge in [0.2, 0.25) is 0 Å². The molecule has 3 heterocycles. The number of aromatic nitrogens is 1. The summed E-state index contributed by atoms with van der Waals surface area (Å²) in [6, 6.07) is 3.78. The lowest BCUT2D eigenvalue weighted by atomic mass is 10.1. The zero-order chi connectivity index (χ0) is 15.4. The van der Waals surface area contributed by atoms with Gasteiger partial charge in [0.1, 0.15) is 0 Å². The van der Waals surface area contributed by atoms with Gasteiger partial charge in [0.25, 0.3) is 0 Å². The first kappa shape index (κ1) is 15.2. The molecule has 2 amide bonds. The van der Waals surface area contributed by atoms with Crippen molar-refractivity contribution >= 4 is 11.7 Å². The predicted octanol–water partition coefficient (Wildman–Crippen LogP) is 1.58. The van der Waals surface area contributed by atoms with Crippen LogP contribution in [0, 0.1) is 12.8 Å². The molecule has 1 aromatic rings. The largest absolute Gasteiger partial charge is 0.379 e. The molecule has 0 bridgehead atoms. The van der Waals surface area contributed by atoms with Crippen molar-refractivity contribution in [1.29, 1.82) is 0 Å². The number of aryl methyl sites for hydroxylation is 1. The number of nitrogens with zero attached hydrogens (tertiary/aromatic N) is 3. The van der Waals surface area contributed by atoms with Crippen molar-refractivity contribution in [3.8, 4) is 0 Å². The van der Waals surface area contributed by atoms with Crippen LogP contribution in [0.2, 0.25) is 0 Å². The van der Waals surface area contributed by atoms with Crippen LogP contribution >= 0.6 is 0 Å². The molecule has 2 saturated heterocycles. The maximum Gasteiger partial charge on any atom is 0.321 e. The third-order valence-electron chi connectivity index (χ3n) is 4.36. The van der Waals surface area contributed by atoms with Gasteiger partial charge in [0.15, 0.2) is 0 Å². The van der Waals surface area contributed by atoms with E-state index in [0.29, 0.717) is 5.92 Å². The molecule has 6 heteroatoms. The number of nitrogens with one attached hydrogen (secondary N) is 1. The highest BCUT2D eigenvalue weighted by Gasteiger charge is 2.28. The number of carbonyl (C=O) groups is 1. The molecule has 1 N–H and O–H groups in total. The van der Waals surface area contributed by atoms with Crippen molar-refractivity contribution in [2.24, 2.45) is 5.92 Å². The minimum absolute atomic E-state index is 0.0184. The van der Waals surface area contributed by atoms with Crippen LogP contribution in [0.1, 0.15) is 12.1 Å². The molecule has 120 valence electrons. The quantitative estimate of drug-likeness (QED) is 0.921. The number of carbonyl (C=O) groups excluding carboxylic acids is 1. The summed E-state index contributed by atoms with van der Waals surface area (Å²) in [5.74, 6) is 0.569. The Morgan fingerprint density at radius 3 is 2.91 bits per heavy atom. The van der Waals surface area contributed by atoms with Crippen molar-refractivity contribution in [3.63, 3.8) is 0 Å². The molecular weight excluding hydrogens is 280 g/mol. The van der Waals surface area contributed by atoms with Gasteiger partial charge in [-0.2, -0.15) is 0 Å². The number of rotatable bonds is 3. The van der Waals surface area contributed by atoms with Crippen LogP contribution in [0.4, 0.5) is 10.5 Å². The highest BCUT2D eigenvalue weighted by atomic mass is 16.5. The van der Waals surface area contributed by atoms with Crippen molar-refractivity contribution in [2.75, 3.05) is 51.3 Å². The zero-order valence-corrected chi connectivity index (χ0v) is 13.1. The number of morpholine rings is 1. The number of likely N-dealkylation sites (tertiary alicyclic amines) is 1. The van der Waals surface area contributed by atoms with E-state index in [1.165, 1.54) is 0 Å². The Labute approximate surface area is 131 Å². The number of urea groups is 1. The molecule has 0 spiro atoms.